The van der Waals surface area contributed by atoms with Crippen molar-refractivity contribution in [1.29, 1.82) is 0 Å². The fourth-order valence-electron chi connectivity index (χ4n) is 1.99. The van der Waals surface area contributed by atoms with E-state index in [9.17, 15) is 8.42 Å². The molecule has 0 saturated carbocycles. The van der Waals surface area contributed by atoms with E-state index in [0.717, 1.165) is 17.3 Å². The topological polar surface area (TPSA) is 49.4 Å². The van der Waals surface area contributed by atoms with E-state index in [-0.39, 0.29) is 0 Å². The lowest BCUT2D eigenvalue weighted by atomic mass is 10.0. The first-order chi connectivity index (χ1) is 8.47. The Morgan fingerprint density at radius 2 is 2.00 bits per heavy atom. The smallest absolute Gasteiger partial charge is 0.271 e. The predicted octanol–water partition coefficient (Wildman–Crippen LogP) is 2.84. The summed E-state index contributed by atoms with van der Waals surface area (Å²) in [7, 11) is -3.41. The van der Waals surface area contributed by atoms with Gasteiger partial charge in [-0.2, -0.15) is 12.7 Å². The number of rotatable bonds is 3. The van der Waals surface area contributed by atoms with Crippen LogP contribution < -0.4 is 4.72 Å². The molecule has 4 nitrogen and oxygen atoms in total. The Hall–Kier alpha value is -0.590. The van der Waals surface area contributed by atoms with E-state index in [1.165, 1.54) is 4.31 Å². The minimum atomic E-state index is -3.41. The van der Waals surface area contributed by atoms with Gasteiger partial charge in [0.1, 0.15) is 0 Å². The molecular formula is C12H17BrN2O2S. The van der Waals surface area contributed by atoms with Crippen molar-refractivity contribution in [2.45, 2.75) is 19.8 Å². The van der Waals surface area contributed by atoms with Gasteiger partial charge in [0.15, 0.2) is 0 Å². The number of hydrogen-bond acceptors (Lipinski definition) is 2. The first kappa shape index (κ1) is 13.8. The molecule has 0 unspecified atom stereocenters. The highest BCUT2D eigenvalue weighted by molar-refractivity contribution is 9.10. The first-order valence-corrected chi connectivity index (χ1v) is 8.24. The molecule has 1 aliphatic heterocycles. The molecule has 0 atom stereocenters. The van der Waals surface area contributed by atoms with Crippen LogP contribution in [0.5, 0.6) is 0 Å². The largest absolute Gasteiger partial charge is 0.301 e. The summed E-state index contributed by atoms with van der Waals surface area (Å²) >= 11 is 3.33. The van der Waals surface area contributed by atoms with Crippen LogP contribution in [0, 0.1) is 5.92 Å². The fraction of sp³-hybridized carbons (Fsp3) is 0.500. The van der Waals surface area contributed by atoms with Crippen molar-refractivity contribution in [3.8, 4) is 0 Å². The third-order valence-electron chi connectivity index (χ3n) is 3.15. The van der Waals surface area contributed by atoms with E-state index in [1.807, 2.05) is 6.07 Å². The van der Waals surface area contributed by atoms with Gasteiger partial charge in [-0.1, -0.05) is 28.9 Å². The average molecular weight is 333 g/mol. The highest BCUT2D eigenvalue weighted by atomic mass is 79.9. The van der Waals surface area contributed by atoms with E-state index in [1.54, 1.807) is 18.2 Å². The number of halogens is 1. The molecule has 1 saturated heterocycles. The standard InChI is InChI=1S/C12H17BrN2O2S/c1-10-5-7-15(8-6-10)18(16,17)14-12-4-2-3-11(13)9-12/h2-4,9-10,14H,5-8H2,1H3. The minimum Gasteiger partial charge on any atom is -0.271 e. The van der Waals surface area contributed by atoms with Gasteiger partial charge in [0.05, 0.1) is 5.69 Å². The van der Waals surface area contributed by atoms with E-state index in [2.05, 4.69) is 27.6 Å². The molecule has 1 fully saturated rings. The molecule has 2 rings (SSSR count). The third-order valence-corrected chi connectivity index (χ3v) is 5.19. The Labute approximate surface area is 117 Å². The van der Waals surface area contributed by atoms with Gasteiger partial charge >= 0.3 is 10.2 Å². The first-order valence-electron chi connectivity index (χ1n) is 6.01. The Balaban J connectivity index is 2.08. The van der Waals surface area contributed by atoms with E-state index in [4.69, 9.17) is 0 Å². The maximum Gasteiger partial charge on any atom is 0.301 e. The van der Waals surface area contributed by atoms with Crippen LogP contribution in [-0.4, -0.2) is 25.8 Å². The van der Waals surface area contributed by atoms with Crippen molar-refractivity contribution in [1.82, 2.24) is 4.31 Å². The monoisotopic (exact) mass is 332 g/mol. The summed E-state index contributed by atoms with van der Waals surface area (Å²) in [6, 6.07) is 7.17. The Bertz CT molecular complexity index is 511. The average Bonchev–Trinajstić information content (AvgIpc) is 2.29. The molecule has 0 amide bonds. The van der Waals surface area contributed by atoms with Crippen LogP contribution in [0.3, 0.4) is 0 Å². The second kappa shape index (κ2) is 5.59. The number of nitrogens with zero attached hydrogens (tertiary/aromatic N) is 1. The summed E-state index contributed by atoms with van der Waals surface area (Å²) in [6.45, 7) is 3.36. The van der Waals surface area contributed by atoms with E-state index in [0.29, 0.717) is 24.7 Å². The van der Waals surface area contributed by atoms with Gasteiger partial charge in [-0.25, -0.2) is 0 Å². The van der Waals surface area contributed by atoms with Crippen LogP contribution in [0.1, 0.15) is 19.8 Å². The second-order valence-electron chi connectivity index (χ2n) is 4.70. The minimum absolute atomic E-state index is 0.586. The molecule has 100 valence electrons. The van der Waals surface area contributed by atoms with Crippen molar-refractivity contribution in [2.24, 2.45) is 5.92 Å². The normalized spacial score (nSPS) is 18.8. The van der Waals surface area contributed by atoms with Crippen LogP contribution in [0.2, 0.25) is 0 Å². The maximum absolute atomic E-state index is 12.2. The Kier molecular flexibility index (Phi) is 4.29. The van der Waals surface area contributed by atoms with Gasteiger partial charge in [-0.3, -0.25) is 4.72 Å². The van der Waals surface area contributed by atoms with E-state index >= 15 is 0 Å². The lowest BCUT2D eigenvalue weighted by Crippen LogP contribution is -2.41. The van der Waals surface area contributed by atoms with Crippen molar-refractivity contribution in [2.75, 3.05) is 17.8 Å². The summed E-state index contributed by atoms with van der Waals surface area (Å²) in [4.78, 5) is 0. The van der Waals surface area contributed by atoms with Crippen LogP contribution >= 0.6 is 15.9 Å². The zero-order valence-corrected chi connectivity index (χ0v) is 12.7. The van der Waals surface area contributed by atoms with Crippen molar-refractivity contribution in [3.05, 3.63) is 28.7 Å². The highest BCUT2D eigenvalue weighted by Crippen LogP contribution is 2.21. The zero-order valence-electron chi connectivity index (χ0n) is 10.3. The lowest BCUT2D eigenvalue weighted by molar-refractivity contribution is 0.289. The molecule has 0 bridgehead atoms. The lowest BCUT2D eigenvalue weighted by Gasteiger charge is -2.29. The molecule has 1 aromatic carbocycles. The van der Waals surface area contributed by atoms with Crippen LogP contribution in [0.15, 0.2) is 28.7 Å². The molecule has 1 aliphatic rings. The summed E-state index contributed by atoms with van der Waals surface area (Å²) in [5.41, 5.74) is 0.586. The van der Waals surface area contributed by atoms with Gasteiger partial charge in [0.25, 0.3) is 0 Å². The van der Waals surface area contributed by atoms with E-state index < -0.39 is 10.2 Å². The molecule has 1 aromatic rings. The summed E-state index contributed by atoms with van der Waals surface area (Å²) < 4.78 is 29.3. The van der Waals surface area contributed by atoms with Crippen molar-refractivity contribution < 1.29 is 8.42 Å². The predicted molar refractivity (Wildman–Crippen MR) is 76.7 cm³/mol. The summed E-state index contributed by atoms with van der Waals surface area (Å²) in [5, 5.41) is 0. The number of hydrogen-bond donors (Lipinski definition) is 1. The second-order valence-corrected chi connectivity index (χ2v) is 7.29. The number of nitrogens with one attached hydrogen (secondary N) is 1. The van der Waals surface area contributed by atoms with Crippen LogP contribution in [0.25, 0.3) is 0 Å². The Morgan fingerprint density at radius 3 is 2.61 bits per heavy atom. The summed E-state index contributed by atoms with van der Waals surface area (Å²) in [5.74, 6) is 0.613. The SMILES string of the molecule is CC1CCN(S(=O)(=O)Nc2cccc(Br)c2)CC1. The van der Waals surface area contributed by atoms with Crippen molar-refractivity contribution >= 4 is 31.8 Å². The molecule has 0 radical (unpaired) electrons. The Morgan fingerprint density at radius 1 is 1.33 bits per heavy atom. The van der Waals surface area contributed by atoms with Gasteiger partial charge in [0, 0.05) is 17.6 Å². The zero-order chi connectivity index (χ0) is 13.2. The van der Waals surface area contributed by atoms with Gasteiger partial charge in [-0.15, -0.1) is 0 Å². The molecule has 0 aromatic heterocycles. The number of benzene rings is 1. The molecule has 0 aliphatic carbocycles. The molecule has 0 spiro atoms. The maximum atomic E-state index is 12.2. The molecule has 1 heterocycles. The number of piperidine rings is 1. The fourth-order valence-corrected chi connectivity index (χ4v) is 3.64. The van der Waals surface area contributed by atoms with Crippen molar-refractivity contribution in [3.63, 3.8) is 0 Å². The van der Waals surface area contributed by atoms with Crippen LogP contribution in [-0.2, 0) is 10.2 Å². The highest BCUT2D eigenvalue weighted by Gasteiger charge is 2.26. The van der Waals surface area contributed by atoms with Crippen LogP contribution in [0.4, 0.5) is 5.69 Å². The third kappa shape index (κ3) is 3.46. The molecule has 6 heteroatoms. The molecule has 1 N–H and O–H groups in total. The molecule has 18 heavy (non-hydrogen) atoms. The summed E-state index contributed by atoms with van der Waals surface area (Å²) in [6.07, 6.45) is 1.86. The quantitative estimate of drug-likeness (QED) is 0.925. The number of anilines is 1. The van der Waals surface area contributed by atoms with Gasteiger partial charge in [-0.05, 0) is 37.0 Å². The van der Waals surface area contributed by atoms with Gasteiger partial charge < -0.3 is 0 Å². The molecular weight excluding hydrogens is 316 g/mol. The van der Waals surface area contributed by atoms with Gasteiger partial charge in [0.2, 0.25) is 0 Å².